The molecule has 0 aromatic carbocycles. The predicted molar refractivity (Wildman–Crippen MR) is 56.7 cm³/mol. The van der Waals surface area contributed by atoms with Crippen molar-refractivity contribution in [2.24, 2.45) is 7.05 Å². The van der Waals surface area contributed by atoms with Gasteiger partial charge in [0.15, 0.2) is 6.29 Å². The Morgan fingerprint density at radius 1 is 1.47 bits per heavy atom. The summed E-state index contributed by atoms with van der Waals surface area (Å²) >= 11 is 0. The molecule has 78 valence electrons. The van der Waals surface area contributed by atoms with Crippen LogP contribution in [0.5, 0.6) is 0 Å². The van der Waals surface area contributed by atoms with Crippen LogP contribution in [0.15, 0.2) is 30.9 Å². The van der Waals surface area contributed by atoms with E-state index in [4.69, 9.17) is 0 Å². The third-order valence-corrected chi connectivity index (χ3v) is 2.42. The molecule has 0 radical (unpaired) electrons. The Bertz CT molecular complexity index is 456. The maximum atomic E-state index is 10.5. The van der Waals surface area contributed by atoms with Gasteiger partial charge in [0.05, 0.1) is 0 Å². The first-order chi connectivity index (χ1) is 7.29. The number of hydrogen-bond donors (Lipinski definition) is 0. The van der Waals surface area contributed by atoms with Gasteiger partial charge in [-0.2, -0.15) is 0 Å². The Hall–Kier alpha value is -1.84. The number of nitrogens with zero attached hydrogens (tertiary/aromatic N) is 3. The van der Waals surface area contributed by atoms with Gasteiger partial charge in [0.25, 0.3) is 0 Å². The van der Waals surface area contributed by atoms with Crippen LogP contribution >= 0.6 is 0 Å². The zero-order chi connectivity index (χ0) is 10.7. The molecule has 2 aromatic heterocycles. The molecule has 0 saturated carbocycles. The van der Waals surface area contributed by atoms with Crippen molar-refractivity contribution in [3.05, 3.63) is 42.2 Å². The maximum absolute atomic E-state index is 10.5. The fourth-order valence-electron chi connectivity index (χ4n) is 1.53. The average Bonchev–Trinajstić information content (AvgIpc) is 2.84. The van der Waals surface area contributed by atoms with Gasteiger partial charge >= 0.3 is 0 Å². The average molecular weight is 203 g/mol. The molecular weight excluding hydrogens is 190 g/mol. The molecule has 4 heteroatoms. The standard InChI is InChI=1S/C11H13N3O/c1-13-7-4-12-11(13)3-6-14-5-2-10(8-14)9-15/h2,4-5,7-9H,3,6H2,1H3. The Balaban J connectivity index is 1.99. The van der Waals surface area contributed by atoms with Gasteiger partial charge in [0.1, 0.15) is 5.82 Å². The van der Waals surface area contributed by atoms with Gasteiger partial charge in [-0.25, -0.2) is 4.98 Å². The lowest BCUT2D eigenvalue weighted by molar-refractivity contribution is 0.112. The molecule has 0 aliphatic heterocycles. The number of carbonyl (C=O) groups is 1. The molecule has 0 amide bonds. The molecule has 0 aliphatic carbocycles. The smallest absolute Gasteiger partial charge is 0.151 e. The molecule has 15 heavy (non-hydrogen) atoms. The predicted octanol–water partition coefficient (Wildman–Crippen LogP) is 1.28. The number of hydrogen-bond acceptors (Lipinski definition) is 2. The topological polar surface area (TPSA) is 39.8 Å². The fourth-order valence-corrected chi connectivity index (χ4v) is 1.53. The molecule has 2 rings (SSSR count). The van der Waals surface area contributed by atoms with E-state index in [0.29, 0.717) is 0 Å². The Morgan fingerprint density at radius 3 is 2.93 bits per heavy atom. The second kappa shape index (κ2) is 4.13. The number of aromatic nitrogens is 3. The lowest BCUT2D eigenvalue weighted by atomic mass is 10.4. The van der Waals surface area contributed by atoms with Gasteiger partial charge < -0.3 is 9.13 Å². The summed E-state index contributed by atoms with van der Waals surface area (Å²) in [5, 5.41) is 0. The van der Waals surface area contributed by atoms with Crippen LogP contribution in [0.1, 0.15) is 16.2 Å². The Morgan fingerprint density at radius 2 is 2.33 bits per heavy atom. The van der Waals surface area contributed by atoms with Gasteiger partial charge in [-0.1, -0.05) is 0 Å². The second-order valence-electron chi connectivity index (χ2n) is 3.50. The molecule has 0 saturated heterocycles. The highest BCUT2D eigenvalue weighted by Gasteiger charge is 2.00. The number of imidazole rings is 1. The van der Waals surface area contributed by atoms with E-state index in [1.54, 1.807) is 6.20 Å². The van der Waals surface area contributed by atoms with E-state index in [1.807, 2.05) is 40.8 Å². The normalized spacial score (nSPS) is 10.5. The van der Waals surface area contributed by atoms with Crippen molar-refractivity contribution >= 4 is 6.29 Å². The largest absolute Gasteiger partial charge is 0.353 e. The van der Waals surface area contributed by atoms with Gasteiger partial charge in [0, 0.05) is 50.4 Å². The van der Waals surface area contributed by atoms with E-state index >= 15 is 0 Å². The quantitative estimate of drug-likeness (QED) is 0.702. The van der Waals surface area contributed by atoms with Crippen molar-refractivity contribution in [1.82, 2.24) is 14.1 Å². The summed E-state index contributed by atoms with van der Waals surface area (Å²) in [6.45, 7) is 0.846. The number of carbonyl (C=O) groups excluding carboxylic acids is 1. The lowest BCUT2D eigenvalue weighted by Gasteiger charge is -2.02. The van der Waals surface area contributed by atoms with E-state index in [-0.39, 0.29) is 0 Å². The summed E-state index contributed by atoms with van der Waals surface area (Å²) in [4.78, 5) is 14.7. The summed E-state index contributed by atoms with van der Waals surface area (Å²) in [6, 6.07) is 1.81. The monoisotopic (exact) mass is 203 g/mol. The van der Waals surface area contributed by atoms with E-state index in [1.165, 1.54) is 0 Å². The number of aryl methyl sites for hydroxylation is 3. The highest BCUT2D eigenvalue weighted by molar-refractivity contribution is 5.74. The minimum atomic E-state index is 0.717. The molecule has 0 atom stereocenters. The Kier molecular flexibility index (Phi) is 2.67. The number of rotatable bonds is 4. The van der Waals surface area contributed by atoms with Crippen molar-refractivity contribution in [1.29, 1.82) is 0 Å². The van der Waals surface area contributed by atoms with Crippen LogP contribution in [-0.4, -0.2) is 20.4 Å². The van der Waals surface area contributed by atoms with Crippen LogP contribution in [0, 0.1) is 0 Å². The third kappa shape index (κ3) is 2.15. The van der Waals surface area contributed by atoms with E-state index in [2.05, 4.69) is 4.98 Å². The minimum Gasteiger partial charge on any atom is -0.353 e. The van der Waals surface area contributed by atoms with Gasteiger partial charge in [0.2, 0.25) is 0 Å². The molecule has 2 aromatic rings. The van der Waals surface area contributed by atoms with E-state index < -0.39 is 0 Å². The van der Waals surface area contributed by atoms with Crippen LogP contribution < -0.4 is 0 Å². The summed E-state index contributed by atoms with van der Waals surface area (Å²) in [5.41, 5.74) is 0.717. The van der Waals surface area contributed by atoms with Crippen LogP contribution in [0.2, 0.25) is 0 Å². The third-order valence-electron chi connectivity index (χ3n) is 2.42. The first-order valence-electron chi connectivity index (χ1n) is 4.87. The summed E-state index contributed by atoms with van der Waals surface area (Å²) in [5.74, 6) is 1.05. The van der Waals surface area contributed by atoms with Gasteiger partial charge in [-0.3, -0.25) is 4.79 Å². The zero-order valence-corrected chi connectivity index (χ0v) is 8.63. The summed E-state index contributed by atoms with van der Waals surface area (Å²) in [6.07, 6.45) is 9.21. The van der Waals surface area contributed by atoms with Crippen molar-refractivity contribution < 1.29 is 4.79 Å². The maximum Gasteiger partial charge on any atom is 0.151 e. The molecule has 0 unspecified atom stereocenters. The van der Waals surface area contributed by atoms with Crippen molar-refractivity contribution in [2.45, 2.75) is 13.0 Å². The van der Waals surface area contributed by atoms with Gasteiger partial charge in [-0.05, 0) is 6.07 Å². The molecule has 2 heterocycles. The number of aldehydes is 1. The first kappa shape index (κ1) is 9.71. The van der Waals surface area contributed by atoms with Crippen LogP contribution in [0.25, 0.3) is 0 Å². The van der Waals surface area contributed by atoms with Gasteiger partial charge in [-0.15, -0.1) is 0 Å². The van der Waals surface area contributed by atoms with Crippen molar-refractivity contribution in [3.63, 3.8) is 0 Å². The highest BCUT2D eigenvalue weighted by atomic mass is 16.1. The van der Waals surface area contributed by atoms with E-state index in [0.717, 1.165) is 30.6 Å². The SMILES string of the molecule is Cn1ccnc1CCn1ccc(C=O)c1. The Labute approximate surface area is 88.2 Å². The summed E-state index contributed by atoms with van der Waals surface area (Å²) < 4.78 is 4.00. The first-order valence-corrected chi connectivity index (χ1v) is 4.87. The summed E-state index contributed by atoms with van der Waals surface area (Å²) in [7, 11) is 1.98. The molecule has 0 fully saturated rings. The van der Waals surface area contributed by atoms with Crippen molar-refractivity contribution in [3.8, 4) is 0 Å². The second-order valence-corrected chi connectivity index (χ2v) is 3.50. The zero-order valence-electron chi connectivity index (χ0n) is 8.63. The molecule has 0 bridgehead atoms. The van der Waals surface area contributed by atoms with Crippen LogP contribution in [0.3, 0.4) is 0 Å². The molecule has 0 aliphatic rings. The minimum absolute atomic E-state index is 0.717. The van der Waals surface area contributed by atoms with Crippen molar-refractivity contribution in [2.75, 3.05) is 0 Å². The highest BCUT2D eigenvalue weighted by Crippen LogP contribution is 2.01. The fraction of sp³-hybridized carbons (Fsp3) is 0.273. The van der Waals surface area contributed by atoms with Crippen LogP contribution in [0.4, 0.5) is 0 Å². The lowest BCUT2D eigenvalue weighted by Crippen LogP contribution is -2.03. The van der Waals surface area contributed by atoms with Crippen LogP contribution in [-0.2, 0) is 20.0 Å². The van der Waals surface area contributed by atoms with E-state index in [9.17, 15) is 4.79 Å². The molecular formula is C11H13N3O. The molecule has 0 spiro atoms. The molecule has 4 nitrogen and oxygen atoms in total. The molecule has 0 N–H and O–H groups in total.